The Kier molecular flexibility index (Phi) is 6.45. The number of rotatable bonds is 5. The van der Waals surface area contributed by atoms with Crippen LogP contribution in [0.5, 0.6) is 11.5 Å². The highest BCUT2D eigenvalue weighted by Crippen LogP contribution is 2.52. The van der Waals surface area contributed by atoms with Gasteiger partial charge >= 0.3 is 0 Å². The quantitative estimate of drug-likeness (QED) is 0.494. The van der Waals surface area contributed by atoms with Gasteiger partial charge < -0.3 is 20.7 Å². The number of aromatic hydroxyl groups is 1. The maximum Gasteiger partial charge on any atom is 0.235 e. The van der Waals surface area contributed by atoms with E-state index in [-0.39, 0.29) is 36.5 Å². The number of fused-ring (bicyclic) bond motifs is 3. The number of hydrogen-bond acceptors (Lipinski definition) is 8. The molecule has 3 aliphatic rings. The van der Waals surface area contributed by atoms with Crippen LogP contribution in [0, 0.1) is 23.7 Å². The van der Waals surface area contributed by atoms with E-state index in [2.05, 4.69) is 0 Å². The summed E-state index contributed by atoms with van der Waals surface area (Å²) in [5.74, 6) is -9.59. The fourth-order valence-corrected chi connectivity index (χ4v) is 6.72. The minimum Gasteiger partial charge on any atom is -0.507 e. The number of carbonyl (C=O) groups is 5. The molecule has 0 saturated heterocycles. The first kappa shape index (κ1) is 26.7. The molecule has 4 N–H and O–H groups in total. The normalized spacial score (nSPS) is 28.1. The summed E-state index contributed by atoms with van der Waals surface area (Å²) >= 11 is 0. The van der Waals surface area contributed by atoms with Gasteiger partial charge in [0.15, 0.2) is 34.7 Å². The van der Waals surface area contributed by atoms with Crippen molar-refractivity contribution >= 4 is 29.0 Å². The van der Waals surface area contributed by atoms with Crippen molar-refractivity contribution in [1.29, 1.82) is 0 Å². The van der Waals surface area contributed by atoms with E-state index < -0.39 is 58.3 Å². The smallest absolute Gasteiger partial charge is 0.235 e. The van der Waals surface area contributed by atoms with Crippen LogP contribution in [0.4, 0.5) is 0 Å². The molecule has 204 valence electrons. The fraction of sp³-hybridized carbons (Fsp3) is 0.433. The predicted octanol–water partition coefficient (Wildman–Crippen LogP) is 2.52. The SMILES string of the molecule is CCOc1cccc(-c2cc(C(C)C)c3c(c2O)C(=O)C2C(=O)[C@]4(O)C(=O)C(C(N)=O)C(=O)C[C@@H]4C[C@@H]2C3)c1. The van der Waals surface area contributed by atoms with E-state index in [1.54, 1.807) is 24.3 Å². The fourth-order valence-electron chi connectivity index (χ4n) is 6.72. The average molecular weight is 534 g/mol. The summed E-state index contributed by atoms with van der Waals surface area (Å²) in [5.41, 5.74) is 5.07. The van der Waals surface area contributed by atoms with Gasteiger partial charge in [-0.2, -0.15) is 0 Å². The molecule has 0 heterocycles. The van der Waals surface area contributed by atoms with Crippen LogP contribution in [-0.4, -0.2) is 51.5 Å². The molecule has 0 aromatic heterocycles. The second kappa shape index (κ2) is 9.41. The van der Waals surface area contributed by atoms with Gasteiger partial charge in [-0.05, 0) is 66.5 Å². The summed E-state index contributed by atoms with van der Waals surface area (Å²) in [6.45, 7) is 6.24. The molecule has 0 radical (unpaired) electrons. The van der Waals surface area contributed by atoms with Gasteiger partial charge in [-0.3, -0.25) is 24.0 Å². The summed E-state index contributed by atoms with van der Waals surface area (Å²) in [7, 11) is 0. The van der Waals surface area contributed by atoms with Crippen molar-refractivity contribution in [2.24, 2.45) is 29.4 Å². The van der Waals surface area contributed by atoms with Crippen LogP contribution in [-0.2, 0) is 25.6 Å². The standard InChI is InChI=1S/C30H31NO8/c1-4-39-17-7-5-6-14(9-17)19-12-18(13(2)3)20-10-15-8-16-11-21(32)24(29(31)37)28(36)30(16,38)27(35)22(15)26(34)23(20)25(19)33/h5-7,9,12-13,15-16,22,24,33,38H,4,8,10-11H2,1-3H3,(H2,31,37)/t15-,16+,22?,24?,30+/m1/s1. The lowest BCUT2D eigenvalue weighted by molar-refractivity contribution is -0.175. The Balaban J connectivity index is 1.64. The van der Waals surface area contributed by atoms with Gasteiger partial charge in [-0.1, -0.05) is 26.0 Å². The second-order valence-electron chi connectivity index (χ2n) is 11.1. The van der Waals surface area contributed by atoms with Crippen LogP contribution in [0.2, 0.25) is 0 Å². The summed E-state index contributed by atoms with van der Waals surface area (Å²) in [6.07, 6.45) is -0.0349. The highest BCUT2D eigenvalue weighted by molar-refractivity contribution is 6.31. The third-order valence-corrected chi connectivity index (χ3v) is 8.51. The van der Waals surface area contributed by atoms with Gasteiger partial charge in [0, 0.05) is 17.9 Å². The van der Waals surface area contributed by atoms with Gasteiger partial charge in [-0.25, -0.2) is 0 Å². The lowest BCUT2D eigenvalue weighted by Crippen LogP contribution is -2.68. The van der Waals surface area contributed by atoms with E-state index in [1.165, 1.54) is 0 Å². The second-order valence-corrected chi connectivity index (χ2v) is 11.1. The van der Waals surface area contributed by atoms with Gasteiger partial charge in [-0.15, -0.1) is 0 Å². The predicted molar refractivity (Wildman–Crippen MR) is 139 cm³/mol. The number of amides is 1. The first-order valence-corrected chi connectivity index (χ1v) is 13.2. The van der Waals surface area contributed by atoms with Gasteiger partial charge in [0.25, 0.3) is 0 Å². The molecule has 2 unspecified atom stereocenters. The minimum absolute atomic E-state index is 0.000416. The van der Waals surface area contributed by atoms with E-state index >= 15 is 0 Å². The number of Topliss-reactive ketones (excluding diaryl/α,β-unsaturated/α-hetero) is 4. The third-order valence-electron chi connectivity index (χ3n) is 8.51. The number of ether oxygens (including phenoxy) is 1. The highest BCUT2D eigenvalue weighted by atomic mass is 16.5. The van der Waals surface area contributed by atoms with Crippen molar-refractivity contribution in [1.82, 2.24) is 0 Å². The molecule has 0 aliphatic heterocycles. The lowest BCUT2D eigenvalue weighted by Gasteiger charge is -2.48. The van der Waals surface area contributed by atoms with E-state index in [9.17, 15) is 34.2 Å². The van der Waals surface area contributed by atoms with Crippen molar-refractivity contribution in [3.63, 3.8) is 0 Å². The Bertz CT molecular complexity index is 1440. The van der Waals surface area contributed by atoms with Gasteiger partial charge in [0.1, 0.15) is 11.5 Å². The van der Waals surface area contributed by atoms with Crippen LogP contribution >= 0.6 is 0 Å². The van der Waals surface area contributed by atoms with E-state index in [0.29, 0.717) is 29.0 Å². The first-order chi connectivity index (χ1) is 18.4. The van der Waals surface area contributed by atoms with Crippen LogP contribution in [0.25, 0.3) is 11.1 Å². The van der Waals surface area contributed by atoms with E-state index in [0.717, 1.165) is 5.56 Å². The van der Waals surface area contributed by atoms with Crippen LogP contribution in [0.1, 0.15) is 61.0 Å². The molecular weight excluding hydrogens is 502 g/mol. The molecule has 3 aliphatic carbocycles. The van der Waals surface area contributed by atoms with Crippen molar-refractivity contribution in [2.45, 2.75) is 51.6 Å². The third kappa shape index (κ3) is 3.90. The Hall–Kier alpha value is -3.85. The number of ketones is 4. The molecule has 1 amide bonds. The Morgan fingerprint density at radius 2 is 1.85 bits per heavy atom. The molecule has 0 spiro atoms. The maximum absolute atomic E-state index is 14.0. The number of phenols is 1. The molecule has 0 bridgehead atoms. The Labute approximate surface area is 225 Å². The molecule has 5 atom stereocenters. The maximum atomic E-state index is 14.0. The Morgan fingerprint density at radius 3 is 2.49 bits per heavy atom. The number of benzene rings is 2. The molecule has 39 heavy (non-hydrogen) atoms. The first-order valence-electron chi connectivity index (χ1n) is 13.2. The largest absolute Gasteiger partial charge is 0.507 e. The zero-order valence-corrected chi connectivity index (χ0v) is 22.0. The van der Waals surface area contributed by atoms with Gasteiger partial charge in [0.2, 0.25) is 5.91 Å². The zero-order chi connectivity index (χ0) is 28.4. The van der Waals surface area contributed by atoms with Crippen molar-refractivity contribution in [2.75, 3.05) is 6.61 Å². The van der Waals surface area contributed by atoms with Crippen molar-refractivity contribution < 1.29 is 38.9 Å². The minimum atomic E-state index is -2.66. The number of phenolic OH excluding ortho intramolecular Hbond substituents is 1. The van der Waals surface area contributed by atoms with Crippen LogP contribution in [0.15, 0.2) is 30.3 Å². The topological polar surface area (TPSA) is 161 Å². The molecule has 9 heteroatoms. The highest BCUT2D eigenvalue weighted by Gasteiger charge is 2.66. The molecule has 9 nitrogen and oxygen atoms in total. The van der Waals surface area contributed by atoms with Crippen molar-refractivity contribution in [3.05, 3.63) is 47.0 Å². The molecule has 5 rings (SSSR count). The van der Waals surface area contributed by atoms with Crippen LogP contribution in [0.3, 0.4) is 0 Å². The molecule has 2 fully saturated rings. The molecule has 2 aromatic rings. The average Bonchev–Trinajstić information content (AvgIpc) is 2.86. The Morgan fingerprint density at radius 1 is 1.13 bits per heavy atom. The van der Waals surface area contributed by atoms with Crippen molar-refractivity contribution in [3.8, 4) is 22.6 Å². The summed E-state index contributed by atoms with van der Waals surface area (Å²) in [5, 5.41) is 22.9. The molecule has 2 saturated carbocycles. The molecule has 2 aromatic carbocycles. The molecular formula is C30H31NO8. The summed E-state index contributed by atoms with van der Waals surface area (Å²) in [4.78, 5) is 65.3. The number of nitrogens with two attached hydrogens (primary N) is 1. The van der Waals surface area contributed by atoms with E-state index in [1.807, 2.05) is 26.8 Å². The number of aliphatic hydroxyl groups is 1. The number of primary amides is 1. The number of hydrogen-bond donors (Lipinski definition) is 3. The van der Waals surface area contributed by atoms with E-state index in [4.69, 9.17) is 10.5 Å². The number of carbonyl (C=O) groups excluding carboxylic acids is 5. The summed E-state index contributed by atoms with van der Waals surface area (Å²) < 4.78 is 5.60. The monoisotopic (exact) mass is 533 g/mol. The van der Waals surface area contributed by atoms with Gasteiger partial charge in [0.05, 0.1) is 18.1 Å². The lowest BCUT2D eigenvalue weighted by atomic mass is 9.53. The van der Waals surface area contributed by atoms with Crippen LogP contribution < -0.4 is 10.5 Å². The summed E-state index contributed by atoms with van der Waals surface area (Å²) in [6, 6.07) is 8.95. The zero-order valence-electron chi connectivity index (χ0n) is 22.0.